The van der Waals surface area contributed by atoms with Gasteiger partial charge in [0.1, 0.15) is 6.54 Å². The lowest BCUT2D eigenvalue weighted by molar-refractivity contribution is -0.119. The van der Waals surface area contributed by atoms with Crippen LogP contribution in [0.2, 0.25) is 0 Å². The Morgan fingerprint density at radius 1 is 0.939 bits per heavy atom. The van der Waals surface area contributed by atoms with Crippen molar-refractivity contribution in [3.63, 3.8) is 0 Å². The zero-order valence-electron chi connectivity index (χ0n) is 19.5. The molecule has 0 aliphatic heterocycles. The van der Waals surface area contributed by atoms with Crippen LogP contribution in [0.3, 0.4) is 0 Å². The number of carbonyl (C=O) groups excluding carboxylic acids is 1. The summed E-state index contributed by atoms with van der Waals surface area (Å²) < 4.78 is 27.9. The van der Waals surface area contributed by atoms with E-state index < -0.39 is 10.0 Å². The van der Waals surface area contributed by atoms with E-state index >= 15 is 0 Å². The summed E-state index contributed by atoms with van der Waals surface area (Å²) >= 11 is 0. The van der Waals surface area contributed by atoms with Gasteiger partial charge >= 0.3 is 0 Å². The molecular formula is C27H32N2O3S. The minimum Gasteiger partial charge on any atom is -0.355 e. The van der Waals surface area contributed by atoms with E-state index in [0.29, 0.717) is 18.2 Å². The van der Waals surface area contributed by atoms with Crippen molar-refractivity contribution in [2.45, 2.75) is 44.4 Å². The lowest BCUT2D eigenvalue weighted by Gasteiger charge is -2.24. The molecule has 3 aromatic carbocycles. The highest BCUT2D eigenvalue weighted by atomic mass is 32.2. The molecular weight excluding hydrogens is 432 g/mol. The van der Waals surface area contributed by atoms with Crippen LogP contribution >= 0.6 is 0 Å². The quantitative estimate of drug-likeness (QED) is 0.426. The van der Waals surface area contributed by atoms with Gasteiger partial charge in [0.2, 0.25) is 5.91 Å². The van der Waals surface area contributed by atoms with Crippen LogP contribution in [0.4, 0.5) is 5.69 Å². The van der Waals surface area contributed by atoms with Crippen molar-refractivity contribution in [3.8, 4) is 0 Å². The molecule has 0 aromatic heterocycles. The molecule has 0 spiro atoms. The number of nitrogens with one attached hydrogen (secondary N) is 1. The molecule has 0 saturated carbocycles. The van der Waals surface area contributed by atoms with Gasteiger partial charge in [-0.2, -0.15) is 0 Å². The van der Waals surface area contributed by atoms with Gasteiger partial charge in [-0.3, -0.25) is 9.10 Å². The topological polar surface area (TPSA) is 66.5 Å². The number of aryl methyl sites for hydroxylation is 2. The molecule has 1 N–H and O–H groups in total. The first-order chi connectivity index (χ1) is 15.8. The summed E-state index contributed by atoms with van der Waals surface area (Å²) in [5.74, 6) is 0.00150. The van der Waals surface area contributed by atoms with Gasteiger partial charge in [0.25, 0.3) is 10.0 Å². The van der Waals surface area contributed by atoms with Crippen LogP contribution in [0.15, 0.2) is 83.8 Å². The number of anilines is 1. The van der Waals surface area contributed by atoms with E-state index in [4.69, 9.17) is 0 Å². The highest BCUT2D eigenvalue weighted by Gasteiger charge is 2.27. The van der Waals surface area contributed by atoms with Crippen molar-refractivity contribution < 1.29 is 13.2 Å². The molecule has 0 saturated heterocycles. The minimum absolute atomic E-state index is 0.158. The van der Waals surface area contributed by atoms with E-state index in [-0.39, 0.29) is 17.3 Å². The van der Waals surface area contributed by atoms with E-state index in [1.54, 1.807) is 42.5 Å². The van der Waals surface area contributed by atoms with Gasteiger partial charge in [0.15, 0.2) is 0 Å². The molecule has 0 radical (unpaired) electrons. The van der Waals surface area contributed by atoms with Crippen molar-refractivity contribution in [1.82, 2.24) is 5.32 Å². The number of carbonyl (C=O) groups is 1. The van der Waals surface area contributed by atoms with E-state index in [1.165, 1.54) is 15.4 Å². The van der Waals surface area contributed by atoms with Crippen molar-refractivity contribution in [2.24, 2.45) is 0 Å². The van der Waals surface area contributed by atoms with Crippen molar-refractivity contribution >= 4 is 21.6 Å². The summed E-state index contributed by atoms with van der Waals surface area (Å²) in [5, 5.41) is 2.88. The van der Waals surface area contributed by atoms with Crippen LogP contribution in [0, 0.1) is 6.92 Å². The van der Waals surface area contributed by atoms with E-state index in [1.807, 2.05) is 18.2 Å². The van der Waals surface area contributed by atoms with E-state index in [2.05, 4.69) is 44.3 Å². The first kappa shape index (κ1) is 24.5. The molecule has 174 valence electrons. The monoisotopic (exact) mass is 464 g/mol. The molecule has 5 nitrogen and oxygen atoms in total. The zero-order valence-corrected chi connectivity index (χ0v) is 20.3. The molecule has 0 fully saturated rings. The average molecular weight is 465 g/mol. The fraction of sp³-hybridized carbons (Fsp3) is 0.296. The maximum atomic E-state index is 13.4. The predicted octanol–water partition coefficient (Wildman–Crippen LogP) is 5.06. The molecule has 0 aliphatic carbocycles. The summed E-state index contributed by atoms with van der Waals surface area (Å²) in [6, 6.07) is 23.9. The smallest absolute Gasteiger partial charge is 0.264 e. The Bertz CT molecular complexity index is 1160. The van der Waals surface area contributed by atoms with Crippen molar-refractivity contribution in [3.05, 3.63) is 95.6 Å². The van der Waals surface area contributed by atoms with Gasteiger partial charge < -0.3 is 5.32 Å². The van der Waals surface area contributed by atoms with Crippen molar-refractivity contribution in [2.75, 3.05) is 17.4 Å². The first-order valence-electron chi connectivity index (χ1n) is 11.3. The first-order valence-corrected chi connectivity index (χ1v) is 12.7. The standard InChI is InChI=1S/C27H32N2O3S/c1-21(2)24-14-16-25(17-15-24)29(33(31,32)26-12-5-4-6-13-26)20-27(30)28-18-8-11-23-10-7-9-22(3)19-23/h4-7,9-10,12-17,19,21H,8,11,18,20H2,1-3H3,(H,28,30). The lowest BCUT2D eigenvalue weighted by atomic mass is 10.0. The van der Waals surface area contributed by atoms with Gasteiger partial charge in [-0.25, -0.2) is 8.42 Å². The molecule has 0 unspecified atom stereocenters. The molecule has 0 aliphatic rings. The number of sulfonamides is 1. The highest BCUT2D eigenvalue weighted by molar-refractivity contribution is 7.92. The van der Waals surface area contributed by atoms with Crippen LogP contribution in [-0.4, -0.2) is 27.4 Å². The van der Waals surface area contributed by atoms with Crippen LogP contribution in [0.1, 0.15) is 42.9 Å². The molecule has 6 heteroatoms. The molecule has 1 amide bonds. The van der Waals surface area contributed by atoms with Gasteiger partial charge in [-0.05, 0) is 61.1 Å². The predicted molar refractivity (Wildman–Crippen MR) is 134 cm³/mol. The third-order valence-electron chi connectivity index (χ3n) is 5.51. The molecule has 3 aromatic rings. The van der Waals surface area contributed by atoms with Gasteiger partial charge in [-0.1, -0.05) is 74.0 Å². The Hall–Kier alpha value is -3.12. The van der Waals surface area contributed by atoms with Crippen LogP contribution < -0.4 is 9.62 Å². The Morgan fingerprint density at radius 2 is 1.64 bits per heavy atom. The molecule has 3 rings (SSSR count). The Kier molecular flexibility index (Phi) is 8.28. The van der Waals surface area contributed by atoms with Gasteiger partial charge in [0, 0.05) is 6.54 Å². The maximum absolute atomic E-state index is 13.4. The van der Waals surface area contributed by atoms with Crippen LogP contribution in [-0.2, 0) is 21.2 Å². The number of benzene rings is 3. The second-order valence-electron chi connectivity index (χ2n) is 8.51. The largest absolute Gasteiger partial charge is 0.355 e. The molecule has 0 bridgehead atoms. The highest BCUT2D eigenvalue weighted by Crippen LogP contribution is 2.25. The molecule has 33 heavy (non-hydrogen) atoms. The van der Waals surface area contributed by atoms with Crippen molar-refractivity contribution in [1.29, 1.82) is 0 Å². The Balaban J connectivity index is 1.71. The average Bonchev–Trinajstić information content (AvgIpc) is 2.81. The summed E-state index contributed by atoms with van der Waals surface area (Å²) in [6.45, 7) is 6.43. The SMILES string of the molecule is Cc1cccc(CCCNC(=O)CN(c2ccc(C(C)C)cc2)S(=O)(=O)c2ccccc2)c1. The van der Waals surface area contributed by atoms with Crippen LogP contribution in [0.25, 0.3) is 0 Å². The van der Waals surface area contributed by atoms with E-state index in [0.717, 1.165) is 18.4 Å². The third kappa shape index (κ3) is 6.68. The Morgan fingerprint density at radius 3 is 2.27 bits per heavy atom. The number of amides is 1. The lowest BCUT2D eigenvalue weighted by Crippen LogP contribution is -2.41. The number of rotatable bonds is 10. The summed E-state index contributed by atoms with van der Waals surface area (Å²) in [6.07, 6.45) is 1.63. The minimum atomic E-state index is -3.89. The fourth-order valence-corrected chi connectivity index (χ4v) is 5.08. The normalized spacial score (nSPS) is 11.4. The molecule has 0 heterocycles. The number of nitrogens with zero attached hydrogens (tertiary/aromatic N) is 1. The second-order valence-corrected chi connectivity index (χ2v) is 10.4. The Labute approximate surface area is 197 Å². The fourth-order valence-electron chi connectivity index (χ4n) is 3.63. The maximum Gasteiger partial charge on any atom is 0.264 e. The summed E-state index contributed by atoms with van der Waals surface area (Å²) in [7, 11) is -3.89. The zero-order chi connectivity index (χ0) is 23.8. The van der Waals surface area contributed by atoms with E-state index in [9.17, 15) is 13.2 Å². The number of hydrogen-bond acceptors (Lipinski definition) is 3. The van der Waals surface area contributed by atoms with Gasteiger partial charge in [-0.15, -0.1) is 0 Å². The second kappa shape index (κ2) is 11.1. The van der Waals surface area contributed by atoms with Gasteiger partial charge in [0.05, 0.1) is 10.6 Å². The summed E-state index contributed by atoms with van der Waals surface area (Å²) in [4.78, 5) is 12.9. The van der Waals surface area contributed by atoms with Crippen LogP contribution in [0.5, 0.6) is 0 Å². The summed E-state index contributed by atoms with van der Waals surface area (Å²) in [5.41, 5.74) is 4.01. The molecule has 0 atom stereocenters. The third-order valence-corrected chi connectivity index (χ3v) is 7.30. The number of hydrogen-bond donors (Lipinski definition) is 1.